The van der Waals surface area contributed by atoms with Crippen molar-refractivity contribution in [3.05, 3.63) is 41.0 Å². The first kappa shape index (κ1) is 9.00. The van der Waals surface area contributed by atoms with Gasteiger partial charge in [0.15, 0.2) is 0 Å². The maximum Gasteiger partial charge on any atom is 0.251 e. The lowest BCUT2D eigenvalue weighted by molar-refractivity contribution is 0.0946. The highest BCUT2D eigenvalue weighted by Crippen LogP contribution is 2.20. The van der Waals surface area contributed by atoms with E-state index in [0.717, 1.165) is 29.7 Å². The SMILES string of the molecule is C=Cc1cc2c(cc1C)CCNC2=O. The van der Waals surface area contributed by atoms with E-state index in [4.69, 9.17) is 0 Å². The summed E-state index contributed by atoms with van der Waals surface area (Å²) in [5.41, 5.74) is 4.18. The topological polar surface area (TPSA) is 29.1 Å². The highest BCUT2D eigenvalue weighted by atomic mass is 16.1. The highest BCUT2D eigenvalue weighted by molar-refractivity contribution is 5.97. The van der Waals surface area contributed by atoms with E-state index in [2.05, 4.69) is 18.0 Å². The lowest BCUT2D eigenvalue weighted by Crippen LogP contribution is -2.31. The van der Waals surface area contributed by atoms with Gasteiger partial charge in [-0.2, -0.15) is 0 Å². The highest BCUT2D eigenvalue weighted by Gasteiger charge is 2.17. The summed E-state index contributed by atoms with van der Waals surface area (Å²) in [6, 6.07) is 4.01. The number of hydrogen-bond donors (Lipinski definition) is 1. The van der Waals surface area contributed by atoms with Gasteiger partial charge in [0.1, 0.15) is 0 Å². The van der Waals surface area contributed by atoms with Crippen molar-refractivity contribution >= 4 is 12.0 Å². The van der Waals surface area contributed by atoms with Crippen molar-refractivity contribution < 1.29 is 4.79 Å². The Morgan fingerprint density at radius 2 is 2.29 bits per heavy atom. The first-order chi connectivity index (χ1) is 6.72. The smallest absolute Gasteiger partial charge is 0.251 e. The molecule has 1 N–H and O–H groups in total. The molecule has 0 saturated heterocycles. The summed E-state index contributed by atoms with van der Waals surface area (Å²) in [6.07, 6.45) is 2.72. The van der Waals surface area contributed by atoms with Crippen molar-refractivity contribution in [2.75, 3.05) is 6.54 Å². The number of amides is 1. The zero-order valence-electron chi connectivity index (χ0n) is 8.26. The summed E-state index contributed by atoms with van der Waals surface area (Å²) in [5.74, 6) is 0.0364. The molecule has 1 aliphatic heterocycles. The Balaban J connectivity index is 2.60. The van der Waals surface area contributed by atoms with Gasteiger partial charge in [-0.05, 0) is 36.1 Å². The number of nitrogens with one attached hydrogen (secondary N) is 1. The van der Waals surface area contributed by atoms with E-state index in [1.54, 1.807) is 6.08 Å². The van der Waals surface area contributed by atoms with Crippen molar-refractivity contribution in [3.8, 4) is 0 Å². The fourth-order valence-electron chi connectivity index (χ4n) is 1.83. The minimum absolute atomic E-state index is 0.0364. The van der Waals surface area contributed by atoms with Gasteiger partial charge in [0.05, 0.1) is 0 Å². The molecule has 1 heterocycles. The fraction of sp³-hybridized carbons (Fsp3) is 0.250. The Labute approximate surface area is 83.6 Å². The van der Waals surface area contributed by atoms with Crippen molar-refractivity contribution in [2.45, 2.75) is 13.3 Å². The van der Waals surface area contributed by atoms with Crippen LogP contribution >= 0.6 is 0 Å². The monoisotopic (exact) mass is 187 g/mol. The van der Waals surface area contributed by atoms with Crippen LogP contribution in [0.1, 0.15) is 27.0 Å². The number of benzene rings is 1. The van der Waals surface area contributed by atoms with Crippen molar-refractivity contribution in [2.24, 2.45) is 0 Å². The van der Waals surface area contributed by atoms with Gasteiger partial charge in [0.25, 0.3) is 5.91 Å². The summed E-state index contributed by atoms with van der Waals surface area (Å²) in [4.78, 5) is 11.5. The quantitative estimate of drug-likeness (QED) is 0.715. The number of aryl methyl sites for hydroxylation is 1. The molecule has 0 atom stereocenters. The average molecular weight is 187 g/mol. The average Bonchev–Trinajstić information content (AvgIpc) is 2.17. The summed E-state index contributed by atoms with van der Waals surface area (Å²) < 4.78 is 0. The number of rotatable bonds is 1. The van der Waals surface area contributed by atoms with E-state index < -0.39 is 0 Å². The normalized spacial score (nSPS) is 14.5. The third-order valence-electron chi connectivity index (χ3n) is 2.64. The standard InChI is InChI=1S/C12H13NO/c1-3-9-7-11-10(6-8(9)2)4-5-13-12(11)14/h3,6-7H,1,4-5H2,2H3,(H,13,14). The molecule has 0 bridgehead atoms. The van der Waals surface area contributed by atoms with Crippen LogP contribution in [-0.2, 0) is 6.42 Å². The second kappa shape index (κ2) is 3.29. The van der Waals surface area contributed by atoms with Gasteiger partial charge in [-0.15, -0.1) is 0 Å². The first-order valence-corrected chi connectivity index (χ1v) is 4.76. The van der Waals surface area contributed by atoms with Crippen LogP contribution < -0.4 is 5.32 Å². The van der Waals surface area contributed by atoms with Gasteiger partial charge >= 0.3 is 0 Å². The second-order valence-electron chi connectivity index (χ2n) is 3.58. The van der Waals surface area contributed by atoms with Crippen LogP contribution in [-0.4, -0.2) is 12.5 Å². The molecule has 1 aromatic rings. The maximum atomic E-state index is 11.5. The van der Waals surface area contributed by atoms with Gasteiger partial charge in [0, 0.05) is 12.1 Å². The number of hydrogen-bond acceptors (Lipinski definition) is 1. The van der Waals surface area contributed by atoms with Crippen LogP contribution in [0, 0.1) is 6.92 Å². The molecule has 1 amide bonds. The van der Waals surface area contributed by atoms with Crippen LogP contribution in [0.4, 0.5) is 0 Å². The van der Waals surface area contributed by atoms with Gasteiger partial charge in [-0.25, -0.2) is 0 Å². The lowest BCUT2D eigenvalue weighted by atomic mass is 9.94. The molecule has 0 aromatic heterocycles. The molecule has 0 saturated carbocycles. The Morgan fingerprint density at radius 1 is 1.50 bits per heavy atom. The Hall–Kier alpha value is -1.57. The molecule has 2 rings (SSSR count). The molecule has 0 fully saturated rings. The van der Waals surface area contributed by atoms with E-state index in [1.165, 1.54) is 5.56 Å². The van der Waals surface area contributed by atoms with E-state index in [9.17, 15) is 4.79 Å². The van der Waals surface area contributed by atoms with Gasteiger partial charge in [-0.3, -0.25) is 4.79 Å². The number of fused-ring (bicyclic) bond motifs is 1. The summed E-state index contributed by atoms with van der Waals surface area (Å²) in [5, 5.41) is 2.84. The van der Waals surface area contributed by atoms with E-state index >= 15 is 0 Å². The first-order valence-electron chi connectivity index (χ1n) is 4.76. The van der Waals surface area contributed by atoms with Crippen LogP contribution in [0.3, 0.4) is 0 Å². The third kappa shape index (κ3) is 1.33. The lowest BCUT2D eigenvalue weighted by Gasteiger charge is -2.17. The summed E-state index contributed by atoms with van der Waals surface area (Å²) in [6.45, 7) is 6.53. The molecular formula is C12H13NO. The summed E-state index contributed by atoms with van der Waals surface area (Å²) in [7, 11) is 0. The molecule has 72 valence electrons. The van der Waals surface area contributed by atoms with Gasteiger partial charge in [-0.1, -0.05) is 18.7 Å². The number of carbonyl (C=O) groups is 1. The molecule has 1 aliphatic rings. The number of carbonyl (C=O) groups excluding carboxylic acids is 1. The van der Waals surface area contributed by atoms with Crippen LogP contribution in [0.25, 0.3) is 6.08 Å². The van der Waals surface area contributed by atoms with Crippen LogP contribution in [0.5, 0.6) is 0 Å². The van der Waals surface area contributed by atoms with E-state index in [0.29, 0.717) is 0 Å². The maximum absolute atomic E-state index is 11.5. The molecule has 0 radical (unpaired) electrons. The van der Waals surface area contributed by atoms with E-state index in [-0.39, 0.29) is 5.91 Å². The largest absolute Gasteiger partial charge is 0.352 e. The molecule has 2 nitrogen and oxygen atoms in total. The van der Waals surface area contributed by atoms with Gasteiger partial charge in [0.2, 0.25) is 0 Å². The van der Waals surface area contributed by atoms with Gasteiger partial charge < -0.3 is 5.32 Å². The molecule has 0 spiro atoms. The van der Waals surface area contributed by atoms with Crippen molar-refractivity contribution in [3.63, 3.8) is 0 Å². The zero-order chi connectivity index (χ0) is 10.1. The molecular weight excluding hydrogens is 174 g/mol. The predicted molar refractivity (Wildman–Crippen MR) is 57.3 cm³/mol. The Kier molecular flexibility index (Phi) is 2.12. The summed E-state index contributed by atoms with van der Waals surface area (Å²) >= 11 is 0. The van der Waals surface area contributed by atoms with E-state index in [1.807, 2.05) is 13.0 Å². The fourth-order valence-corrected chi connectivity index (χ4v) is 1.83. The molecule has 2 heteroatoms. The molecule has 0 aliphatic carbocycles. The minimum atomic E-state index is 0.0364. The van der Waals surface area contributed by atoms with Crippen molar-refractivity contribution in [1.82, 2.24) is 5.32 Å². The predicted octanol–water partition coefficient (Wildman–Crippen LogP) is 1.92. The third-order valence-corrected chi connectivity index (χ3v) is 2.64. The van der Waals surface area contributed by atoms with Crippen molar-refractivity contribution in [1.29, 1.82) is 0 Å². The Bertz CT molecular complexity index is 407. The zero-order valence-corrected chi connectivity index (χ0v) is 8.26. The van der Waals surface area contributed by atoms with Crippen LogP contribution in [0.2, 0.25) is 0 Å². The second-order valence-corrected chi connectivity index (χ2v) is 3.58. The van der Waals surface area contributed by atoms with Crippen LogP contribution in [0.15, 0.2) is 18.7 Å². The Morgan fingerprint density at radius 3 is 3.00 bits per heavy atom. The minimum Gasteiger partial charge on any atom is -0.352 e. The molecule has 1 aromatic carbocycles. The molecule has 14 heavy (non-hydrogen) atoms. The molecule has 0 unspecified atom stereocenters.